The fraction of sp³-hybridized carbons (Fsp3) is 0.238. The quantitative estimate of drug-likeness (QED) is 0.519. The number of rotatable bonds is 3. The van der Waals surface area contributed by atoms with E-state index in [9.17, 15) is 4.79 Å². The van der Waals surface area contributed by atoms with Crippen LogP contribution in [0, 0.1) is 0 Å². The van der Waals surface area contributed by atoms with E-state index >= 15 is 0 Å². The maximum Gasteiger partial charge on any atom is 0.266 e. The number of hydrogen-bond donors (Lipinski definition) is 0. The monoisotopic (exact) mass is 390 g/mol. The Morgan fingerprint density at radius 3 is 2.93 bits per heavy atom. The predicted octanol–water partition coefficient (Wildman–Crippen LogP) is 4.37. The summed E-state index contributed by atoms with van der Waals surface area (Å²) in [5.74, 6) is 1.12. The smallest absolute Gasteiger partial charge is 0.266 e. The zero-order chi connectivity index (χ0) is 18.9. The lowest BCUT2D eigenvalue weighted by Gasteiger charge is -2.31. The van der Waals surface area contributed by atoms with Crippen molar-refractivity contribution in [2.45, 2.75) is 18.8 Å². The molecule has 1 atom stereocenters. The SMILES string of the molecule is O=C(c1csc2ccccc12)N1CCCC(c2nnc(-c3ccccn3)o2)C1. The number of nitrogens with zero attached hydrogens (tertiary/aromatic N) is 4. The summed E-state index contributed by atoms with van der Waals surface area (Å²) in [4.78, 5) is 19.3. The molecule has 1 aliphatic rings. The average molecular weight is 390 g/mol. The van der Waals surface area contributed by atoms with Crippen LogP contribution in [0.5, 0.6) is 0 Å². The van der Waals surface area contributed by atoms with Crippen molar-refractivity contribution in [3.8, 4) is 11.6 Å². The first kappa shape index (κ1) is 17.1. The Morgan fingerprint density at radius 1 is 1.14 bits per heavy atom. The minimum absolute atomic E-state index is 0.0487. The first-order chi connectivity index (χ1) is 13.8. The Morgan fingerprint density at radius 2 is 2.04 bits per heavy atom. The van der Waals surface area contributed by atoms with Crippen LogP contribution in [0.3, 0.4) is 0 Å². The van der Waals surface area contributed by atoms with Crippen LogP contribution in [0.2, 0.25) is 0 Å². The number of amides is 1. The van der Waals surface area contributed by atoms with Gasteiger partial charge in [0, 0.05) is 34.8 Å². The highest BCUT2D eigenvalue weighted by Crippen LogP contribution is 2.31. The van der Waals surface area contributed by atoms with Gasteiger partial charge in [0.1, 0.15) is 5.69 Å². The van der Waals surface area contributed by atoms with Gasteiger partial charge in [0.2, 0.25) is 5.89 Å². The van der Waals surface area contributed by atoms with Gasteiger partial charge >= 0.3 is 0 Å². The number of thiophene rings is 1. The molecule has 0 bridgehead atoms. The molecule has 0 saturated carbocycles. The van der Waals surface area contributed by atoms with E-state index in [1.54, 1.807) is 17.5 Å². The highest BCUT2D eigenvalue weighted by atomic mass is 32.1. The number of piperidine rings is 1. The number of aromatic nitrogens is 3. The molecule has 0 radical (unpaired) electrons. The maximum absolute atomic E-state index is 13.1. The van der Waals surface area contributed by atoms with Gasteiger partial charge in [0.25, 0.3) is 11.8 Å². The second kappa shape index (κ2) is 7.16. The summed E-state index contributed by atoms with van der Waals surface area (Å²) in [5, 5.41) is 11.4. The molecule has 5 rings (SSSR count). The fourth-order valence-corrected chi connectivity index (χ4v) is 4.60. The molecule has 0 aliphatic carbocycles. The molecule has 4 aromatic rings. The maximum atomic E-state index is 13.1. The van der Waals surface area contributed by atoms with E-state index in [1.165, 1.54) is 0 Å². The fourth-order valence-electron chi connectivity index (χ4n) is 3.67. The van der Waals surface area contributed by atoms with Gasteiger partial charge in [-0.05, 0) is 31.0 Å². The molecule has 1 fully saturated rings. The van der Waals surface area contributed by atoms with Gasteiger partial charge in [0.15, 0.2) is 0 Å². The third-order valence-electron chi connectivity index (χ3n) is 5.09. The van der Waals surface area contributed by atoms with Gasteiger partial charge in [-0.2, -0.15) is 0 Å². The molecule has 28 heavy (non-hydrogen) atoms. The van der Waals surface area contributed by atoms with Crippen LogP contribution in [-0.4, -0.2) is 39.1 Å². The Bertz CT molecular complexity index is 1120. The Balaban J connectivity index is 1.37. The van der Waals surface area contributed by atoms with Gasteiger partial charge in [-0.15, -0.1) is 21.5 Å². The van der Waals surface area contributed by atoms with E-state index in [2.05, 4.69) is 15.2 Å². The summed E-state index contributed by atoms with van der Waals surface area (Å²) in [6, 6.07) is 13.6. The van der Waals surface area contributed by atoms with Gasteiger partial charge in [-0.3, -0.25) is 9.78 Å². The van der Waals surface area contributed by atoms with E-state index in [1.807, 2.05) is 52.7 Å². The minimum Gasteiger partial charge on any atom is -0.419 e. The number of carbonyl (C=O) groups is 1. The van der Waals surface area contributed by atoms with Gasteiger partial charge < -0.3 is 9.32 Å². The second-order valence-corrected chi connectivity index (χ2v) is 7.81. The number of carbonyl (C=O) groups excluding carboxylic acids is 1. The van der Waals surface area contributed by atoms with Crippen molar-refractivity contribution in [1.82, 2.24) is 20.1 Å². The molecule has 3 aromatic heterocycles. The van der Waals surface area contributed by atoms with E-state index in [4.69, 9.17) is 4.42 Å². The average Bonchev–Trinajstić information content (AvgIpc) is 3.42. The van der Waals surface area contributed by atoms with E-state index in [0.717, 1.165) is 35.0 Å². The molecule has 6 nitrogen and oxygen atoms in total. The molecule has 1 saturated heterocycles. The largest absolute Gasteiger partial charge is 0.419 e. The van der Waals surface area contributed by atoms with Crippen molar-refractivity contribution < 1.29 is 9.21 Å². The molecule has 1 amide bonds. The summed E-state index contributed by atoms with van der Waals surface area (Å²) >= 11 is 1.61. The lowest BCUT2D eigenvalue weighted by atomic mass is 9.97. The van der Waals surface area contributed by atoms with Crippen LogP contribution in [0.15, 0.2) is 58.5 Å². The summed E-state index contributed by atoms with van der Waals surface area (Å²) in [6.45, 7) is 1.34. The third kappa shape index (κ3) is 3.07. The third-order valence-corrected chi connectivity index (χ3v) is 6.06. The number of pyridine rings is 1. The normalized spacial score (nSPS) is 17.1. The zero-order valence-electron chi connectivity index (χ0n) is 15.1. The molecule has 0 spiro atoms. The molecule has 140 valence electrons. The van der Waals surface area contributed by atoms with Crippen LogP contribution in [-0.2, 0) is 0 Å². The number of benzene rings is 1. The number of fused-ring (bicyclic) bond motifs is 1. The number of likely N-dealkylation sites (tertiary alicyclic amines) is 1. The molecule has 1 aromatic carbocycles. The molecular weight excluding hydrogens is 372 g/mol. The summed E-state index contributed by atoms with van der Waals surface area (Å²) < 4.78 is 7.01. The van der Waals surface area contributed by atoms with Crippen molar-refractivity contribution in [3.63, 3.8) is 0 Å². The zero-order valence-corrected chi connectivity index (χ0v) is 15.9. The van der Waals surface area contributed by atoms with Crippen molar-refractivity contribution in [1.29, 1.82) is 0 Å². The highest BCUT2D eigenvalue weighted by Gasteiger charge is 2.30. The molecule has 1 unspecified atom stereocenters. The lowest BCUT2D eigenvalue weighted by molar-refractivity contribution is 0.0701. The van der Waals surface area contributed by atoms with E-state index in [-0.39, 0.29) is 11.8 Å². The van der Waals surface area contributed by atoms with Gasteiger partial charge in [-0.1, -0.05) is 24.3 Å². The van der Waals surface area contributed by atoms with Crippen LogP contribution >= 0.6 is 11.3 Å². The van der Waals surface area contributed by atoms with E-state index in [0.29, 0.717) is 24.0 Å². The summed E-state index contributed by atoms with van der Waals surface area (Å²) in [5.41, 5.74) is 1.44. The van der Waals surface area contributed by atoms with Crippen LogP contribution < -0.4 is 0 Å². The molecule has 7 heteroatoms. The van der Waals surface area contributed by atoms with Crippen molar-refractivity contribution in [2.75, 3.05) is 13.1 Å². The second-order valence-electron chi connectivity index (χ2n) is 6.90. The number of hydrogen-bond acceptors (Lipinski definition) is 6. The van der Waals surface area contributed by atoms with Crippen LogP contribution in [0.4, 0.5) is 0 Å². The molecular formula is C21H18N4O2S. The van der Waals surface area contributed by atoms with E-state index < -0.39 is 0 Å². The summed E-state index contributed by atoms with van der Waals surface area (Å²) in [6.07, 6.45) is 3.54. The molecule has 1 aliphatic heterocycles. The van der Waals surface area contributed by atoms with Crippen molar-refractivity contribution >= 4 is 27.3 Å². The Kier molecular flexibility index (Phi) is 4.37. The highest BCUT2D eigenvalue weighted by molar-refractivity contribution is 7.17. The topological polar surface area (TPSA) is 72.1 Å². The van der Waals surface area contributed by atoms with Gasteiger partial charge in [0.05, 0.1) is 11.5 Å². The first-order valence-electron chi connectivity index (χ1n) is 9.30. The molecule has 0 N–H and O–H groups in total. The minimum atomic E-state index is 0.0487. The Labute approximate surface area is 165 Å². The van der Waals surface area contributed by atoms with Crippen molar-refractivity contribution in [3.05, 3.63) is 65.5 Å². The standard InChI is InChI=1S/C21H18N4O2S/c26-21(16-13-28-18-9-2-1-7-15(16)18)25-11-5-6-14(12-25)19-23-24-20(27-19)17-8-3-4-10-22-17/h1-4,7-10,13-14H,5-6,11-12H2. The summed E-state index contributed by atoms with van der Waals surface area (Å²) in [7, 11) is 0. The lowest BCUT2D eigenvalue weighted by Crippen LogP contribution is -2.39. The molecule has 4 heterocycles. The van der Waals surface area contributed by atoms with Crippen LogP contribution in [0.1, 0.15) is 35.0 Å². The van der Waals surface area contributed by atoms with Crippen molar-refractivity contribution in [2.24, 2.45) is 0 Å². The first-order valence-corrected chi connectivity index (χ1v) is 10.2. The predicted molar refractivity (Wildman–Crippen MR) is 107 cm³/mol. The van der Waals surface area contributed by atoms with Crippen LogP contribution in [0.25, 0.3) is 21.7 Å². The van der Waals surface area contributed by atoms with Gasteiger partial charge in [-0.25, -0.2) is 0 Å². The Hall–Kier alpha value is -3.06.